The van der Waals surface area contributed by atoms with Crippen molar-refractivity contribution in [1.29, 1.82) is 0 Å². The van der Waals surface area contributed by atoms with Crippen molar-refractivity contribution in [2.75, 3.05) is 12.3 Å². The average molecular weight is 1210 g/mol. The van der Waals surface area contributed by atoms with Gasteiger partial charge in [0.15, 0.2) is 0 Å². The third kappa shape index (κ3) is 14.0. The molecule has 6 aromatic rings. The Balaban J connectivity index is 0.000000273. The maximum atomic E-state index is 14.1. The van der Waals surface area contributed by atoms with Gasteiger partial charge in [0, 0.05) is 7.05 Å². The zero-order valence-corrected chi connectivity index (χ0v) is 39.4. The van der Waals surface area contributed by atoms with Crippen LogP contribution < -0.4 is 25.8 Å². The van der Waals surface area contributed by atoms with Crippen molar-refractivity contribution < 1.29 is 110 Å². The van der Waals surface area contributed by atoms with Gasteiger partial charge in [-0.2, -0.15) is 78.3 Å². The fraction of sp³-hybridized carbons (Fsp3) is 0.196. The van der Waals surface area contributed by atoms with Crippen molar-refractivity contribution in [3.05, 3.63) is 189 Å². The number of aliphatic hydroxyl groups is 2. The molecular weight excluding hydrogens is 1180 g/mol. The first-order valence-electron chi connectivity index (χ1n) is 19.2. The van der Waals surface area contributed by atoms with Crippen LogP contribution in [-0.4, -0.2) is 58.4 Å². The monoisotopic (exact) mass is 1210 g/mol. The first-order chi connectivity index (χ1) is 31.4. The number of hydrogen-bond donors (Lipinski definition) is 2. The van der Waals surface area contributed by atoms with Crippen LogP contribution in [0, 0.1) is 25.6 Å². The molecule has 0 atom stereocenters. The van der Waals surface area contributed by atoms with Gasteiger partial charge in [0.1, 0.15) is 17.9 Å². The number of hydrogen-bond acceptors (Lipinski definition) is 2. The molecule has 3 nitrogen and oxygen atoms in total. The van der Waals surface area contributed by atoms with E-state index in [0.717, 1.165) is 0 Å². The molecule has 0 saturated carbocycles. The summed E-state index contributed by atoms with van der Waals surface area (Å²) in [7, 11) is -1.48. The second-order valence-corrected chi connectivity index (χ2v) is 19.6. The number of alkyl halides is 15. The molecule has 1 heterocycles. The molecule has 0 aliphatic heterocycles. The fourth-order valence-corrected chi connectivity index (χ4v) is 12.1. The summed E-state index contributed by atoms with van der Waals surface area (Å²) in [5.41, 5.74) is -12.0. The summed E-state index contributed by atoms with van der Waals surface area (Å²) in [6.07, 6.45) is -29.8. The van der Waals surface area contributed by atoms with Gasteiger partial charge in [0.25, 0.3) is 11.2 Å². The average Bonchev–Trinajstić information content (AvgIpc) is 3.24. The van der Waals surface area contributed by atoms with E-state index >= 15 is 0 Å². The molecule has 0 aliphatic rings. The predicted molar refractivity (Wildman–Crippen MR) is 228 cm³/mol. The second kappa shape index (κ2) is 23.0. The van der Waals surface area contributed by atoms with Gasteiger partial charge < -0.3 is 14.8 Å². The van der Waals surface area contributed by atoms with E-state index in [1.165, 1.54) is 71.4 Å². The van der Waals surface area contributed by atoms with Crippen LogP contribution in [0.25, 0.3) is 11.3 Å². The molecule has 0 bridgehead atoms. The topological polar surface area (TPSA) is 44.3 Å². The van der Waals surface area contributed by atoms with E-state index in [1.54, 1.807) is 78.9 Å². The Bertz CT molecular complexity index is 2320. The number of halogens is 17. The molecule has 0 aliphatic carbocycles. The van der Waals surface area contributed by atoms with Crippen LogP contribution in [-0.2, 0) is 26.3 Å². The van der Waals surface area contributed by atoms with E-state index in [4.69, 9.17) is 0 Å². The molecule has 0 spiro atoms. The molecule has 23 heteroatoms. The van der Waals surface area contributed by atoms with Crippen molar-refractivity contribution in [3.8, 4) is 11.3 Å². The molecule has 1 radical (unpaired) electrons. The molecule has 0 fully saturated rings. The van der Waals surface area contributed by atoms with Crippen LogP contribution >= 0.6 is 15.8 Å². The first-order valence-corrected chi connectivity index (χ1v) is 22.6. The van der Waals surface area contributed by atoms with Crippen molar-refractivity contribution in [2.45, 2.75) is 42.1 Å². The van der Waals surface area contributed by atoms with E-state index in [-0.39, 0.29) is 31.4 Å². The van der Waals surface area contributed by atoms with E-state index < -0.39 is 93.0 Å². The fourth-order valence-electron chi connectivity index (χ4n) is 6.44. The van der Waals surface area contributed by atoms with Gasteiger partial charge in [0.05, 0.1) is 60.6 Å². The SMILES string of the molecule is OC(C[PH+](c1ccccc1)c1ccccc1)(C(F)(F)F)C(F)(F)F.OC(C[PH+](c1ccccc1)c1ccccc1)(C(F)(F)F)C(F)(F)F.[CH2-]c1cc(F)c(C(F)(F)F)c(F)c1-c1cccc[n+]1[CH2-].[IrH+2]. The molecule has 2 N–H and O–H groups in total. The molecule has 374 valence electrons. The van der Waals surface area contributed by atoms with Gasteiger partial charge in [0.2, 0.25) is 0 Å². The van der Waals surface area contributed by atoms with Gasteiger partial charge in [-0.05, 0) is 48.5 Å². The molecule has 0 saturated heterocycles. The van der Waals surface area contributed by atoms with Crippen LogP contribution in [0.1, 0.15) is 11.1 Å². The molecule has 1 aromatic heterocycles. The maximum absolute atomic E-state index is 14.1. The zero-order chi connectivity index (χ0) is 51.1. The third-order valence-corrected chi connectivity index (χ3v) is 15.9. The first kappa shape index (κ1) is 58.5. The Morgan fingerprint density at radius 3 is 1.01 bits per heavy atom. The van der Waals surface area contributed by atoms with Crippen LogP contribution in [0.3, 0.4) is 0 Å². The number of aromatic nitrogens is 1. The Morgan fingerprint density at radius 2 is 0.754 bits per heavy atom. The number of rotatable bonds is 9. The summed E-state index contributed by atoms with van der Waals surface area (Å²) in [4.78, 5) is 0. The van der Waals surface area contributed by atoms with Crippen LogP contribution in [0.4, 0.5) is 74.6 Å². The molecule has 0 amide bonds. The van der Waals surface area contributed by atoms with Gasteiger partial charge in [-0.25, -0.2) is 8.78 Å². The molecule has 6 rings (SSSR count). The van der Waals surface area contributed by atoms with Crippen molar-refractivity contribution in [2.24, 2.45) is 0 Å². The summed E-state index contributed by atoms with van der Waals surface area (Å²) in [6.45, 7) is 3.39. The van der Waals surface area contributed by atoms with Crippen LogP contribution in [0.15, 0.2) is 152 Å². The quantitative estimate of drug-likeness (QED) is 0.0656. The van der Waals surface area contributed by atoms with E-state index in [9.17, 15) is 84.9 Å². The van der Waals surface area contributed by atoms with Gasteiger partial charge in [-0.15, -0.1) is 6.07 Å². The van der Waals surface area contributed by atoms with Crippen LogP contribution in [0.2, 0.25) is 0 Å². The van der Waals surface area contributed by atoms with Crippen molar-refractivity contribution in [3.63, 3.8) is 0 Å². The van der Waals surface area contributed by atoms with E-state index in [1.807, 2.05) is 0 Å². The van der Waals surface area contributed by atoms with Gasteiger partial charge in [-0.3, -0.25) is 0 Å². The summed E-state index contributed by atoms with van der Waals surface area (Å²) >= 11 is 0. The normalized spacial score (nSPS) is 12.7. The number of pyridine rings is 1. The van der Waals surface area contributed by atoms with E-state index in [0.29, 0.717) is 27.3 Å². The minimum absolute atomic E-state index is 0. The molecular formula is C46H38F17IrNO2P2+3. The molecule has 69 heavy (non-hydrogen) atoms. The summed E-state index contributed by atoms with van der Waals surface area (Å²) in [6, 6.07) is 35.7. The zero-order valence-electron chi connectivity index (χ0n) is 34.9. The van der Waals surface area contributed by atoms with E-state index in [2.05, 4.69) is 14.0 Å². The van der Waals surface area contributed by atoms with Crippen molar-refractivity contribution >= 4 is 37.1 Å². The van der Waals surface area contributed by atoms with Gasteiger partial charge in [-0.1, -0.05) is 96.6 Å². The predicted octanol–water partition coefficient (Wildman–Crippen LogP) is 10.9. The summed E-state index contributed by atoms with van der Waals surface area (Å²) in [5.74, 6) is -3.37. The van der Waals surface area contributed by atoms with Gasteiger partial charge >= 0.3 is 51.0 Å². The van der Waals surface area contributed by atoms with Crippen LogP contribution in [0.5, 0.6) is 0 Å². The molecule has 5 aromatic carbocycles. The minimum atomic E-state index is -5.81. The Morgan fingerprint density at radius 1 is 0.464 bits per heavy atom. The Labute approximate surface area is 399 Å². The standard InChI is InChI=1S/2C16H13F6OP.C14H9F5N.Ir.H/c2*17-15(18,19)14(23,16(20,21)22)11-24(12-7-3-1-4-8-12)13-9-5-2-6-10-13;1-8-7-9(15)12(14(17,18)19)13(16)11(8)10-5-3-4-6-20(10)2;;/h2*1-10,23H,11H2;3-7H,1-2H2;;/q;;-1;+2;/p+2. The summed E-state index contributed by atoms with van der Waals surface area (Å²) in [5, 5.41) is 20.6. The number of nitrogens with zero attached hydrogens (tertiary/aromatic N) is 1. The Kier molecular flexibility index (Phi) is 19.5. The molecule has 0 unspecified atom stereocenters. The number of benzene rings is 5. The second-order valence-electron chi connectivity index (χ2n) is 14.6. The van der Waals surface area contributed by atoms with Crippen molar-refractivity contribution in [1.82, 2.24) is 0 Å². The Hall–Kier alpha value is -4.77. The summed E-state index contributed by atoms with van der Waals surface area (Å²) < 4.78 is 223. The third-order valence-electron chi connectivity index (χ3n) is 10.0.